The maximum absolute atomic E-state index is 10.4. The van der Waals surface area contributed by atoms with Gasteiger partial charge in [-0.2, -0.15) is 15.8 Å². The smallest absolute Gasteiger partial charge is 0.231 e. The van der Waals surface area contributed by atoms with Crippen LogP contribution in [-0.2, 0) is 15.9 Å². The van der Waals surface area contributed by atoms with E-state index in [-0.39, 0.29) is 6.79 Å². The molecule has 0 spiro atoms. The fourth-order valence-corrected chi connectivity index (χ4v) is 5.11. The van der Waals surface area contributed by atoms with Crippen LogP contribution in [0.1, 0.15) is 24.2 Å². The van der Waals surface area contributed by atoms with Gasteiger partial charge in [0.2, 0.25) is 23.9 Å². The summed E-state index contributed by atoms with van der Waals surface area (Å²) in [6.45, 7) is 1.73. The van der Waals surface area contributed by atoms with Gasteiger partial charge in [0.25, 0.3) is 0 Å². The molecule has 32 heavy (non-hydrogen) atoms. The first kappa shape index (κ1) is 19.9. The van der Waals surface area contributed by atoms with Gasteiger partial charge in [0.1, 0.15) is 6.10 Å². The van der Waals surface area contributed by atoms with Gasteiger partial charge < -0.3 is 18.9 Å². The molecule has 0 aliphatic carbocycles. The Hall–Kier alpha value is -4.06. The molecule has 0 aromatic heterocycles. The van der Waals surface area contributed by atoms with Crippen molar-refractivity contribution in [1.82, 2.24) is 0 Å². The van der Waals surface area contributed by atoms with E-state index in [0.717, 1.165) is 5.56 Å². The van der Waals surface area contributed by atoms with Crippen molar-refractivity contribution in [2.24, 2.45) is 16.7 Å². The molecular formula is C24H18N4O4. The molecule has 3 aliphatic rings. The Kier molecular flexibility index (Phi) is 4.17. The van der Waals surface area contributed by atoms with Gasteiger partial charge in [-0.25, -0.2) is 0 Å². The van der Waals surface area contributed by atoms with E-state index in [2.05, 4.69) is 18.2 Å². The van der Waals surface area contributed by atoms with E-state index in [9.17, 15) is 15.8 Å². The van der Waals surface area contributed by atoms with E-state index in [1.165, 1.54) is 0 Å². The van der Waals surface area contributed by atoms with Crippen LogP contribution in [0, 0.1) is 56.2 Å². The summed E-state index contributed by atoms with van der Waals surface area (Å²) in [6.07, 6.45) is -0.849. The van der Waals surface area contributed by atoms with Crippen molar-refractivity contribution in [3.8, 4) is 29.7 Å². The Balaban J connectivity index is 1.70. The zero-order valence-electron chi connectivity index (χ0n) is 17.2. The molecule has 1 N–H and O–H groups in total. The average molecular weight is 426 g/mol. The SMILES string of the molecule is CC12OC(=N)C(C#N)(C1Cc1ccccc1)C(C#N)(C#N)C(c1ccc3c(c1)OCO3)O2. The average Bonchev–Trinajstić information content (AvgIpc) is 3.34. The quantitative estimate of drug-likeness (QED) is 0.793. The first-order valence-corrected chi connectivity index (χ1v) is 10.1. The van der Waals surface area contributed by atoms with Crippen molar-refractivity contribution < 1.29 is 18.9 Å². The Bertz CT molecular complexity index is 1230. The van der Waals surface area contributed by atoms with Gasteiger partial charge in [-0.3, -0.25) is 5.41 Å². The predicted octanol–water partition coefficient (Wildman–Crippen LogP) is 3.61. The molecule has 2 bridgehead atoms. The first-order valence-electron chi connectivity index (χ1n) is 10.1. The standard InChI is InChI=1S/C24H18N4O4/c1-22-19(9-15-5-3-2-4-6-15)24(13-27,21(28)32-22)23(11-25,12-26)20(31-22)16-7-8-17-18(10-16)30-14-29-17/h2-8,10,19-20,28H,9,14H2,1H3. The van der Waals surface area contributed by atoms with Crippen LogP contribution in [0.15, 0.2) is 48.5 Å². The number of hydrogen-bond acceptors (Lipinski definition) is 8. The van der Waals surface area contributed by atoms with Crippen molar-refractivity contribution >= 4 is 5.90 Å². The van der Waals surface area contributed by atoms with Crippen LogP contribution in [0.4, 0.5) is 0 Å². The molecule has 158 valence electrons. The summed E-state index contributed by atoms with van der Waals surface area (Å²) in [6, 6.07) is 20.7. The van der Waals surface area contributed by atoms with Crippen LogP contribution in [0.3, 0.4) is 0 Å². The largest absolute Gasteiger partial charge is 0.454 e. The summed E-state index contributed by atoms with van der Waals surface area (Å²) >= 11 is 0. The van der Waals surface area contributed by atoms with Crippen molar-refractivity contribution in [3.63, 3.8) is 0 Å². The molecular weight excluding hydrogens is 408 g/mol. The van der Waals surface area contributed by atoms with Gasteiger partial charge in [0.15, 0.2) is 16.9 Å². The highest BCUT2D eigenvalue weighted by Crippen LogP contribution is 2.67. The molecule has 2 saturated heterocycles. The van der Waals surface area contributed by atoms with E-state index in [4.69, 9.17) is 24.4 Å². The summed E-state index contributed by atoms with van der Waals surface area (Å²) in [5, 5.41) is 39.8. The maximum atomic E-state index is 10.4. The van der Waals surface area contributed by atoms with Gasteiger partial charge in [0.05, 0.1) is 24.1 Å². The Morgan fingerprint density at radius 3 is 2.41 bits per heavy atom. The van der Waals surface area contributed by atoms with E-state index >= 15 is 0 Å². The third-order valence-electron chi connectivity index (χ3n) is 6.70. The van der Waals surface area contributed by atoms with E-state index in [1.807, 2.05) is 30.3 Å². The van der Waals surface area contributed by atoms with Gasteiger partial charge in [-0.1, -0.05) is 36.4 Å². The monoisotopic (exact) mass is 426 g/mol. The lowest BCUT2D eigenvalue weighted by atomic mass is 9.52. The highest BCUT2D eigenvalue weighted by atomic mass is 16.7. The van der Waals surface area contributed by atoms with Crippen molar-refractivity contribution in [2.45, 2.75) is 25.2 Å². The van der Waals surface area contributed by atoms with Crippen LogP contribution < -0.4 is 9.47 Å². The summed E-state index contributed by atoms with van der Waals surface area (Å²) in [5.74, 6) is -1.56. The first-order chi connectivity index (χ1) is 15.4. The molecule has 0 radical (unpaired) electrons. The molecule has 0 saturated carbocycles. The third kappa shape index (κ3) is 2.35. The molecule has 4 unspecified atom stereocenters. The summed E-state index contributed by atoms with van der Waals surface area (Å²) in [5.41, 5.74) is -2.50. The van der Waals surface area contributed by atoms with Crippen LogP contribution in [0.2, 0.25) is 0 Å². The minimum absolute atomic E-state index is 0.0682. The lowest BCUT2D eigenvalue weighted by Gasteiger charge is -2.48. The van der Waals surface area contributed by atoms with Gasteiger partial charge in [-0.15, -0.1) is 0 Å². The van der Waals surface area contributed by atoms with Crippen LogP contribution in [-0.4, -0.2) is 18.5 Å². The molecule has 4 atom stereocenters. The lowest BCUT2D eigenvalue weighted by Crippen LogP contribution is -2.59. The minimum Gasteiger partial charge on any atom is -0.454 e. The predicted molar refractivity (Wildman–Crippen MR) is 109 cm³/mol. The van der Waals surface area contributed by atoms with E-state index < -0.39 is 34.5 Å². The summed E-state index contributed by atoms with van der Waals surface area (Å²) in [7, 11) is 0. The highest BCUT2D eigenvalue weighted by molar-refractivity contribution is 5.89. The molecule has 5 rings (SSSR count). The fraction of sp³-hybridized carbons (Fsp3) is 0.333. The topological polar surface area (TPSA) is 132 Å². The number of benzene rings is 2. The molecule has 2 aromatic carbocycles. The van der Waals surface area contributed by atoms with Gasteiger partial charge in [-0.05, 0) is 29.7 Å². The second-order valence-corrected chi connectivity index (χ2v) is 8.25. The number of nitrogens with one attached hydrogen (secondary N) is 1. The van der Waals surface area contributed by atoms with Gasteiger partial charge >= 0.3 is 0 Å². The number of ether oxygens (including phenoxy) is 4. The number of rotatable bonds is 3. The molecule has 0 amide bonds. The van der Waals surface area contributed by atoms with E-state index in [1.54, 1.807) is 25.1 Å². The molecule has 2 aromatic rings. The zero-order valence-corrected chi connectivity index (χ0v) is 17.2. The molecule has 8 heteroatoms. The van der Waals surface area contributed by atoms with Crippen LogP contribution in [0.5, 0.6) is 11.5 Å². The van der Waals surface area contributed by atoms with Crippen LogP contribution in [0.25, 0.3) is 0 Å². The Morgan fingerprint density at radius 1 is 1.00 bits per heavy atom. The molecule has 3 aliphatic heterocycles. The number of nitrogens with zero attached hydrogens (tertiary/aromatic N) is 3. The number of nitriles is 3. The second-order valence-electron chi connectivity index (χ2n) is 8.25. The lowest BCUT2D eigenvalue weighted by molar-refractivity contribution is -0.272. The Labute approximate surface area is 184 Å². The van der Waals surface area contributed by atoms with Gasteiger partial charge in [0, 0.05) is 6.92 Å². The third-order valence-corrected chi connectivity index (χ3v) is 6.70. The van der Waals surface area contributed by atoms with E-state index in [0.29, 0.717) is 23.5 Å². The molecule has 3 heterocycles. The Morgan fingerprint density at radius 2 is 1.72 bits per heavy atom. The number of hydrogen-bond donors (Lipinski definition) is 1. The highest BCUT2D eigenvalue weighted by Gasteiger charge is 2.79. The normalized spacial score (nSPS) is 31.1. The fourth-order valence-electron chi connectivity index (χ4n) is 5.11. The second kappa shape index (κ2) is 6.72. The zero-order chi connectivity index (χ0) is 22.6. The number of fused-ring (bicyclic) bond motifs is 3. The van der Waals surface area contributed by atoms with Crippen molar-refractivity contribution in [3.05, 3.63) is 59.7 Å². The maximum Gasteiger partial charge on any atom is 0.231 e. The summed E-state index contributed by atoms with van der Waals surface area (Å²) < 4.78 is 23.0. The minimum atomic E-state index is -2.03. The van der Waals surface area contributed by atoms with Crippen molar-refractivity contribution in [2.75, 3.05) is 6.79 Å². The molecule has 8 nitrogen and oxygen atoms in total. The summed E-state index contributed by atoms with van der Waals surface area (Å²) in [4.78, 5) is 0. The molecule has 2 fully saturated rings. The van der Waals surface area contributed by atoms with Crippen LogP contribution >= 0.6 is 0 Å². The van der Waals surface area contributed by atoms with Crippen molar-refractivity contribution in [1.29, 1.82) is 21.2 Å².